The molecular formula is C70H59ClN6O9. The Morgan fingerprint density at radius 3 is 1.15 bits per heavy atom. The molecule has 0 fully saturated rings. The molecule has 0 bridgehead atoms. The third kappa shape index (κ3) is 15.3. The number of carbonyl (C=O) groups is 3. The summed E-state index contributed by atoms with van der Waals surface area (Å²) in [6.07, 6.45) is 15.8. The molecule has 0 aliphatic carbocycles. The van der Waals surface area contributed by atoms with Gasteiger partial charge < -0.3 is 28.8 Å². The van der Waals surface area contributed by atoms with Gasteiger partial charge in [-0.15, -0.1) is 19.3 Å². The second-order valence-corrected chi connectivity index (χ2v) is 20.5. The zero-order chi connectivity index (χ0) is 61.4. The van der Waals surface area contributed by atoms with Crippen LogP contribution in [0.1, 0.15) is 108 Å². The topological polar surface area (TPSA) is 195 Å². The lowest BCUT2D eigenvalue weighted by Crippen LogP contribution is -2.14. The van der Waals surface area contributed by atoms with E-state index in [0.29, 0.717) is 85.5 Å². The first-order valence-electron chi connectivity index (χ1n) is 27.2. The minimum Gasteiger partial charge on any atom is -0.497 e. The van der Waals surface area contributed by atoms with E-state index in [0.717, 1.165) is 27.5 Å². The van der Waals surface area contributed by atoms with Crippen molar-refractivity contribution in [3.8, 4) is 99.6 Å². The van der Waals surface area contributed by atoms with Gasteiger partial charge in [-0.2, -0.15) is 0 Å². The lowest BCUT2D eigenvalue weighted by molar-refractivity contribution is 0.0681. The Labute approximate surface area is 503 Å². The summed E-state index contributed by atoms with van der Waals surface area (Å²) >= 11 is 5.62. The molecule has 0 aliphatic heterocycles. The number of nitrogens with zero attached hydrogens (tertiary/aromatic N) is 6. The Morgan fingerprint density at radius 2 is 0.802 bits per heavy atom. The average Bonchev–Trinajstić information content (AvgIpc) is 1.64. The fourth-order valence-electron chi connectivity index (χ4n) is 8.80. The van der Waals surface area contributed by atoms with Crippen molar-refractivity contribution in [2.24, 2.45) is 0 Å². The minimum absolute atomic E-state index is 0.0283. The van der Waals surface area contributed by atoms with E-state index >= 15 is 0 Å². The van der Waals surface area contributed by atoms with Crippen molar-refractivity contribution in [2.45, 2.75) is 59.3 Å². The first kappa shape index (κ1) is 61.4. The number of carboxylic acids is 1. The molecule has 16 heteroatoms. The summed E-state index contributed by atoms with van der Waals surface area (Å²) in [5, 5.41) is 10.8. The molecule has 0 radical (unpaired) electrons. The number of methoxy groups -OCH3 is 1. The monoisotopic (exact) mass is 1160 g/mol. The minimum atomic E-state index is -1.17. The third-order valence-electron chi connectivity index (χ3n) is 13.3. The van der Waals surface area contributed by atoms with Crippen LogP contribution >= 0.6 is 11.6 Å². The zero-order valence-corrected chi connectivity index (χ0v) is 49.0. The number of aromatic nitrogens is 6. The normalized spacial score (nSPS) is 10.7. The highest BCUT2D eigenvalue weighted by molar-refractivity contribution is 6.67. The Hall–Kier alpha value is -10.7. The summed E-state index contributed by atoms with van der Waals surface area (Å²) in [5.41, 5.74) is 9.67. The van der Waals surface area contributed by atoms with Crippen LogP contribution in [-0.4, -0.2) is 79.1 Å². The van der Waals surface area contributed by atoms with Crippen LogP contribution in [0.3, 0.4) is 0 Å². The quantitative estimate of drug-likeness (QED) is 0.0391. The largest absolute Gasteiger partial charge is 0.497 e. The summed E-state index contributed by atoms with van der Waals surface area (Å²) in [7, 11) is 1.55. The van der Waals surface area contributed by atoms with E-state index in [4.69, 9.17) is 54.6 Å². The molecule has 3 aromatic heterocycles. The van der Waals surface area contributed by atoms with Gasteiger partial charge in [0, 0.05) is 38.9 Å². The summed E-state index contributed by atoms with van der Waals surface area (Å²) in [6.45, 7) is 13.2. The number of terminal acetylenes is 3. The lowest BCUT2D eigenvalue weighted by Gasteiger charge is -2.12. The number of hydrogen-bond acceptors (Lipinski definition) is 14. The van der Waals surface area contributed by atoms with Crippen molar-refractivity contribution in [3.05, 3.63) is 186 Å². The van der Waals surface area contributed by atoms with Crippen molar-refractivity contribution in [3.63, 3.8) is 0 Å². The molecule has 10 aromatic rings. The molecule has 10 rings (SSSR count). The van der Waals surface area contributed by atoms with Crippen LogP contribution in [0.5, 0.6) is 28.7 Å². The van der Waals surface area contributed by atoms with E-state index in [1.807, 2.05) is 60.7 Å². The molecule has 430 valence electrons. The fraction of sp³-hybridized carbons (Fsp3) is 0.186. The number of carbonyl (C=O) groups excluding carboxylic acids is 2. The van der Waals surface area contributed by atoms with Gasteiger partial charge in [0.2, 0.25) is 17.5 Å². The third-order valence-corrected chi connectivity index (χ3v) is 13.5. The van der Waals surface area contributed by atoms with Gasteiger partial charge in [0.1, 0.15) is 48.6 Å². The lowest BCUT2D eigenvalue weighted by atomic mass is 9.99. The van der Waals surface area contributed by atoms with Crippen LogP contribution in [0.2, 0.25) is 0 Å². The van der Waals surface area contributed by atoms with Crippen molar-refractivity contribution in [1.29, 1.82) is 0 Å². The molecule has 1 N–H and O–H groups in total. The summed E-state index contributed by atoms with van der Waals surface area (Å²) in [5.74, 6) is 9.12. The standard InChI is InChI=1S/C28H24N2O4.C21H17ClN2O2.C21H18N2O3/c1-5-15-33-22-13-14-25-24(17-22)26(20-11-9-19(10-12-20)18(2)3)30-27(29-25)28(31)34-23-8-6-7-21(16-23)32-4;1-4-11-26-16-9-10-18-17(12-16)19(24-21(23-18)20(22)25)15-7-5-14(6-8-15)13(2)3;1-4-11-26-16-9-10-18-17(12-16)19(23-20(22-18)21(24)25)15-7-5-14(6-8-15)13(2)3/h1,6-14,16-18H,15H2,2-4H3;1,5-10,12-13H,11H2,2-3H3;1,5-10,12-13H,11H2,2-3H3,(H,24,25). The molecule has 0 unspecified atom stereocenters. The number of aromatic carboxylic acids is 1. The number of halogens is 1. The van der Waals surface area contributed by atoms with Crippen LogP contribution in [0.4, 0.5) is 0 Å². The van der Waals surface area contributed by atoms with Crippen LogP contribution in [0, 0.1) is 37.0 Å². The molecule has 15 nitrogen and oxygen atoms in total. The van der Waals surface area contributed by atoms with Crippen LogP contribution in [0.15, 0.2) is 152 Å². The Kier molecular flexibility index (Phi) is 20.4. The molecule has 0 amide bonds. The van der Waals surface area contributed by atoms with Gasteiger partial charge in [0.05, 0.1) is 40.7 Å². The van der Waals surface area contributed by atoms with Crippen LogP contribution in [-0.2, 0) is 0 Å². The van der Waals surface area contributed by atoms with E-state index in [-0.39, 0.29) is 37.3 Å². The number of esters is 1. The summed E-state index contributed by atoms with van der Waals surface area (Å²) < 4.78 is 27.3. The number of ether oxygens (including phenoxy) is 5. The maximum absolute atomic E-state index is 13.0. The van der Waals surface area contributed by atoms with E-state index in [1.165, 1.54) is 16.7 Å². The van der Waals surface area contributed by atoms with Gasteiger partial charge in [0.25, 0.3) is 5.24 Å². The van der Waals surface area contributed by atoms with E-state index < -0.39 is 17.2 Å². The van der Waals surface area contributed by atoms with Gasteiger partial charge in [-0.3, -0.25) is 4.79 Å². The highest BCUT2D eigenvalue weighted by atomic mass is 35.5. The number of hydrogen-bond donors (Lipinski definition) is 1. The molecule has 0 saturated carbocycles. The highest BCUT2D eigenvalue weighted by Gasteiger charge is 2.21. The van der Waals surface area contributed by atoms with Crippen LogP contribution in [0.25, 0.3) is 66.5 Å². The van der Waals surface area contributed by atoms with Gasteiger partial charge >= 0.3 is 11.9 Å². The van der Waals surface area contributed by atoms with E-state index in [2.05, 4.69) is 113 Å². The Balaban J connectivity index is 0.000000170. The molecule has 86 heavy (non-hydrogen) atoms. The number of benzene rings is 7. The van der Waals surface area contributed by atoms with Gasteiger partial charge in [-0.1, -0.05) is 138 Å². The number of rotatable bonds is 17. The molecule has 0 spiro atoms. The average molecular weight is 1160 g/mol. The van der Waals surface area contributed by atoms with Gasteiger partial charge in [0.15, 0.2) is 0 Å². The highest BCUT2D eigenvalue weighted by Crippen LogP contribution is 2.34. The first-order chi connectivity index (χ1) is 41.5. The van der Waals surface area contributed by atoms with Crippen molar-refractivity contribution < 1.29 is 43.2 Å². The SMILES string of the molecule is C#CCOc1ccc2nc(C(=O)Cl)nc(-c3ccc(C(C)C)cc3)c2c1.C#CCOc1ccc2nc(C(=O)O)nc(-c3ccc(C(C)C)cc3)c2c1.C#CCOc1ccc2nc(C(=O)Oc3cccc(OC)c3)nc(-c3ccc(C(C)C)cc3)c2c1. The Bertz CT molecular complexity index is 4080. The number of carboxylic acid groups (broad SMARTS) is 1. The second kappa shape index (κ2) is 28.6. The molecule has 0 aliphatic rings. The maximum Gasteiger partial charge on any atom is 0.381 e. The second-order valence-electron chi connectivity index (χ2n) is 20.2. The van der Waals surface area contributed by atoms with Gasteiger partial charge in [-0.25, -0.2) is 39.5 Å². The van der Waals surface area contributed by atoms with E-state index in [1.54, 1.807) is 73.8 Å². The van der Waals surface area contributed by atoms with Crippen molar-refractivity contribution in [1.82, 2.24) is 29.9 Å². The predicted molar refractivity (Wildman–Crippen MR) is 335 cm³/mol. The van der Waals surface area contributed by atoms with Gasteiger partial charge in [-0.05, 0) is 113 Å². The molecular weight excluding hydrogens is 1100 g/mol. The summed E-state index contributed by atoms with van der Waals surface area (Å²) in [6, 6.07) is 46.8. The first-order valence-corrected chi connectivity index (χ1v) is 27.6. The van der Waals surface area contributed by atoms with E-state index in [9.17, 15) is 19.5 Å². The fourth-order valence-corrected chi connectivity index (χ4v) is 8.88. The zero-order valence-electron chi connectivity index (χ0n) is 48.3. The Morgan fingerprint density at radius 1 is 0.453 bits per heavy atom. The van der Waals surface area contributed by atoms with Crippen molar-refractivity contribution in [2.75, 3.05) is 26.9 Å². The van der Waals surface area contributed by atoms with Crippen molar-refractivity contribution >= 4 is 61.5 Å². The smallest absolute Gasteiger partial charge is 0.381 e. The predicted octanol–water partition coefficient (Wildman–Crippen LogP) is 14.6. The van der Waals surface area contributed by atoms with Crippen LogP contribution < -0.4 is 23.7 Å². The summed E-state index contributed by atoms with van der Waals surface area (Å²) in [4.78, 5) is 62.0. The maximum atomic E-state index is 13.0. The molecule has 3 heterocycles. The number of fused-ring (bicyclic) bond motifs is 3. The molecule has 7 aromatic carbocycles. The molecule has 0 atom stereocenters. The molecule has 0 saturated heterocycles.